The third kappa shape index (κ3) is 4.49. The molecule has 0 aliphatic rings. The first kappa shape index (κ1) is 18.3. The molecular formula is C13H10N6O4S2. The lowest BCUT2D eigenvalue weighted by atomic mass is 10.0. The van der Waals surface area contributed by atoms with E-state index in [4.69, 9.17) is 11.1 Å². The maximum atomic E-state index is 11.1. The molecule has 0 N–H and O–H groups in total. The summed E-state index contributed by atoms with van der Waals surface area (Å²) >= 11 is 0. The van der Waals surface area contributed by atoms with Crippen LogP contribution >= 0.6 is 0 Å². The number of thiol groups is 2. The van der Waals surface area contributed by atoms with Gasteiger partial charge in [0, 0.05) is 21.2 Å². The highest BCUT2D eigenvalue weighted by Gasteiger charge is 2.09. The highest BCUT2D eigenvalue weighted by atomic mass is 32.2. The quantitative estimate of drug-likeness (QED) is 0.341. The lowest BCUT2D eigenvalue weighted by molar-refractivity contribution is 0.613. The average molecular weight is 378 g/mol. The van der Waals surface area contributed by atoms with Crippen LogP contribution in [0.2, 0.25) is 0 Å². The van der Waals surface area contributed by atoms with E-state index < -0.39 is 21.4 Å². The molecule has 0 saturated heterocycles. The molecule has 0 unspecified atom stereocenters. The molecule has 0 spiro atoms. The van der Waals surface area contributed by atoms with Gasteiger partial charge in [0.25, 0.3) is 0 Å². The number of hydrogen-bond acceptors (Lipinski definition) is 6. The summed E-state index contributed by atoms with van der Waals surface area (Å²) in [6, 6.07) is 8.13. The summed E-state index contributed by atoms with van der Waals surface area (Å²) in [5.41, 5.74) is 18.5. The second-order valence-electron chi connectivity index (χ2n) is 4.70. The van der Waals surface area contributed by atoms with Gasteiger partial charge in [-0.05, 0) is 52.9 Å². The highest BCUT2D eigenvalue weighted by molar-refractivity contribution is 7.72. The van der Waals surface area contributed by atoms with Gasteiger partial charge in [-0.25, -0.2) is 16.8 Å². The number of hydrogen-bond donors (Lipinski definition) is 2. The number of nitrogens with zero attached hydrogens (tertiary/aromatic N) is 6. The van der Waals surface area contributed by atoms with E-state index in [9.17, 15) is 16.8 Å². The molecule has 25 heavy (non-hydrogen) atoms. The summed E-state index contributed by atoms with van der Waals surface area (Å²) in [6.07, 6.45) is 0.147. The summed E-state index contributed by atoms with van der Waals surface area (Å²) in [5, 5.41) is 6.96. The van der Waals surface area contributed by atoms with E-state index in [1.165, 1.54) is 36.4 Å². The van der Waals surface area contributed by atoms with Crippen molar-refractivity contribution in [3.05, 3.63) is 68.4 Å². The van der Waals surface area contributed by atoms with E-state index in [0.717, 1.165) is 0 Å². The molecule has 12 heteroatoms. The average Bonchev–Trinajstić information content (AvgIpc) is 2.58. The van der Waals surface area contributed by atoms with Gasteiger partial charge in [0.15, 0.2) is 21.4 Å². The number of rotatable bonds is 6. The van der Waals surface area contributed by atoms with Gasteiger partial charge in [0.1, 0.15) is 0 Å². The van der Waals surface area contributed by atoms with Crippen molar-refractivity contribution in [2.45, 2.75) is 16.2 Å². The fourth-order valence-corrected chi connectivity index (χ4v) is 2.97. The third-order valence-electron chi connectivity index (χ3n) is 3.25. The smallest absolute Gasteiger partial charge is 0.168 e. The minimum atomic E-state index is -2.83. The molecule has 0 heterocycles. The molecule has 2 aromatic rings. The van der Waals surface area contributed by atoms with Crippen LogP contribution in [-0.2, 0) is 27.8 Å². The molecule has 0 bridgehead atoms. The van der Waals surface area contributed by atoms with Crippen molar-refractivity contribution in [1.82, 2.24) is 0 Å². The first-order chi connectivity index (χ1) is 12.0. The predicted molar refractivity (Wildman–Crippen MR) is 90.5 cm³/mol. The van der Waals surface area contributed by atoms with E-state index in [1.54, 1.807) is 0 Å². The molecule has 0 aromatic heterocycles. The SMILES string of the molecule is [N-]=[N+]=Nc1cc([SH](=O)=O)ccc1Cc1ccc([SH](=O)=O)cc1N=[N+]=[N-]. The molecule has 128 valence electrons. The van der Waals surface area contributed by atoms with Crippen LogP contribution in [0.3, 0.4) is 0 Å². The van der Waals surface area contributed by atoms with Gasteiger partial charge >= 0.3 is 0 Å². The van der Waals surface area contributed by atoms with Gasteiger partial charge in [-0.2, -0.15) is 0 Å². The summed E-state index contributed by atoms with van der Waals surface area (Å²) in [7, 11) is -5.67. The fourth-order valence-electron chi connectivity index (χ4n) is 2.12. The van der Waals surface area contributed by atoms with Crippen molar-refractivity contribution in [3.63, 3.8) is 0 Å². The summed E-state index contributed by atoms with van der Waals surface area (Å²) in [4.78, 5) is 5.33. The predicted octanol–water partition coefficient (Wildman–Crippen LogP) is 3.10. The van der Waals surface area contributed by atoms with Crippen molar-refractivity contribution in [3.8, 4) is 0 Å². The van der Waals surface area contributed by atoms with Gasteiger partial charge in [0.05, 0.1) is 9.79 Å². The summed E-state index contributed by atoms with van der Waals surface area (Å²) in [6.45, 7) is 0. The van der Waals surface area contributed by atoms with Crippen molar-refractivity contribution < 1.29 is 16.8 Å². The van der Waals surface area contributed by atoms with E-state index in [1.807, 2.05) is 0 Å². The zero-order valence-corrected chi connectivity index (χ0v) is 14.2. The Morgan fingerprint density at radius 1 is 0.760 bits per heavy atom. The van der Waals surface area contributed by atoms with Crippen LogP contribution in [0.1, 0.15) is 11.1 Å². The Morgan fingerprint density at radius 2 is 1.16 bits per heavy atom. The zero-order chi connectivity index (χ0) is 18.4. The highest BCUT2D eigenvalue weighted by Crippen LogP contribution is 2.29. The Morgan fingerprint density at radius 3 is 1.48 bits per heavy atom. The molecule has 0 aliphatic heterocycles. The number of azide groups is 2. The molecule has 0 radical (unpaired) electrons. The minimum absolute atomic E-state index is 0.00452. The van der Waals surface area contributed by atoms with Crippen LogP contribution in [0.5, 0.6) is 0 Å². The summed E-state index contributed by atoms with van der Waals surface area (Å²) < 4.78 is 44.2. The van der Waals surface area contributed by atoms with E-state index >= 15 is 0 Å². The Hall–Kier alpha value is -3.04. The molecule has 2 rings (SSSR count). The van der Waals surface area contributed by atoms with Gasteiger partial charge in [-0.15, -0.1) is 0 Å². The lowest BCUT2D eigenvalue weighted by Crippen LogP contribution is -1.92. The van der Waals surface area contributed by atoms with Gasteiger partial charge < -0.3 is 0 Å². The van der Waals surface area contributed by atoms with Crippen LogP contribution in [0.15, 0.2) is 56.4 Å². The maximum absolute atomic E-state index is 11.1. The Labute approximate surface area is 144 Å². The van der Waals surface area contributed by atoms with Crippen molar-refractivity contribution >= 4 is 32.8 Å². The minimum Gasteiger partial charge on any atom is -0.227 e. The first-order valence-electron chi connectivity index (χ1n) is 6.61. The Balaban J connectivity index is 2.55. The van der Waals surface area contributed by atoms with Crippen LogP contribution in [0.25, 0.3) is 20.9 Å². The van der Waals surface area contributed by atoms with E-state index in [2.05, 4.69) is 20.1 Å². The van der Waals surface area contributed by atoms with Crippen molar-refractivity contribution in [2.24, 2.45) is 10.2 Å². The van der Waals surface area contributed by atoms with Gasteiger partial charge in [0.2, 0.25) is 0 Å². The second-order valence-corrected chi connectivity index (χ2v) is 6.76. The van der Waals surface area contributed by atoms with Crippen LogP contribution < -0.4 is 0 Å². The monoisotopic (exact) mass is 378 g/mol. The topological polar surface area (TPSA) is 166 Å². The van der Waals surface area contributed by atoms with Crippen LogP contribution in [0, 0.1) is 0 Å². The molecule has 0 aliphatic carbocycles. The normalized spacial score (nSPS) is 10.3. The Kier molecular flexibility index (Phi) is 5.98. The van der Waals surface area contributed by atoms with Crippen molar-refractivity contribution in [1.29, 1.82) is 0 Å². The van der Waals surface area contributed by atoms with E-state index in [0.29, 0.717) is 11.1 Å². The van der Waals surface area contributed by atoms with Crippen LogP contribution in [-0.4, -0.2) is 16.8 Å². The first-order valence-corrected chi connectivity index (χ1v) is 8.96. The number of benzene rings is 2. The van der Waals surface area contributed by atoms with Crippen molar-refractivity contribution in [2.75, 3.05) is 0 Å². The van der Waals surface area contributed by atoms with Gasteiger partial charge in [-0.3, -0.25) is 0 Å². The molecule has 0 saturated carbocycles. The standard InChI is InChI=1S/C13H10N6O4S2/c14-18-16-12-6-10(24(20)21)3-1-8(12)5-9-2-4-11(25(22)23)7-13(9)17-19-15/h1-4,6-7,24-25H,5H2. The maximum Gasteiger partial charge on any atom is 0.168 e. The zero-order valence-electron chi connectivity index (χ0n) is 12.4. The molecule has 10 nitrogen and oxygen atoms in total. The molecule has 0 fully saturated rings. The Bertz CT molecular complexity index is 978. The lowest BCUT2D eigenvalue weighted by Gasteiger charge is -2.09. The molecule has 0 amide bonds. The largest absolute Gasteiger partial charge is 0.227 e. The third-order valence-corrected chi connectivity index (χ3v) is 4.64. The molecular weight excluding hydrogens is 368 g/mol. The van der Waals surface area contributed by atoms with E-state index in [-0.39, 0.29) is 27.6 Å². The second kappa shape index (κ2) is 8.18. The van der Waals surface area contributed by atoms with Crippen LogP contribution in [0.4, 0.5) is 11.4 Å². The van der Waals surface area contributed by atoms with Gasteiger partial charge in [-0.1, -0.05) is 22.4 Å². The fraction of sp³-hybridized carbons (Fsp3) is 0.0769. The molecule has 0 atom stereocenters. The summed E-state index contributed by atoms with van der Waals surface area (Å²) in [5.74, 6) is 0. The molecule has 2 aromatic carbocycles.